The SMILES string of the molecule is CC1(C)OC(C)(C)c2ccc[c-]c21.[K+]. The fraction of sp³-hybridized carbons (Fsp3) is 0.500. The van der Waals surface area contributed by atoms with Crippen molar-refractivity contribution >= 4 is 0 Å². The molecule has 0 radical (unpaired) electrons. The summed E-state index contributed by atoms with van der Waals surface area (Å²) in [6, 6.07) is 9.36. The van der Waals surface area contributed by atoms with Gasteiger partial charge in [-0.15, -0.1) is 11.1 Å². The van der Waals surface area contributed by atoms with E-state index < -0.39 is 0 Å². The number of rotatable bonds is 0. The molecule has 14 heavy (non-hydrogen) atoms. The van der Waals surface area contributed by atoms with Crippen LogP contribution in [0.25, 0.3) is 0 Å². The second kappa shape index (κ2) is 4.00. The summed E-state index contributed by atoms with van der Waals surface area (Å²) in [6.45, 7) is 8.40. The summed E-state index contributed by atoms with van der Waals surface area (Å²) in [5.74, 6) is 0. The van der Waals surface area contributed by atoms with Crippen molar-refractivity contribution < 1.29 is 56.1 Å². The molecule has 0 aromatic heterocycles. The first-order valence-corrected chi connectivity index (χ1v) is 4.65. The van der Waals surface area contributed by atoms with Gasteiger partial charge in [0.2, 0.25) is 0 Å². The summed E-state index contributed by atoms with van der Waals surface area (Å²) >= 11 is 0. The summed E-state index contributed by atoms with van der Waals surface area (Å²) in [5, 5.41) is 0. The fourth-order valence-corrected chi connectivity index (χ4v) is 2.18. The monoisotopic (exact) mass is 214 g/mol. The minimum atomic E-state index is -0.194. The van der Waals surface area contributed by atoms with E-state index in [0.717, 1.165) is 0 Å². The van der Waals surface area contributed by atoms with E-state index in [1.54, 1.807) is 0 Å². The molecule has 2 heteroatoms. The van der Waals surface area contributed by atoms with Crippen molar-refractivity contribution in [2.24, 2.45) is 0 Å². The van der Waals surface area contributed by atoms with Crippen molar-refractivity contribution in [2.75, 3.05) is 0 Å². The van der Waals surface area contributed by atoms with Crippen LogP contribution in [0.1, 0.15) is 38.8 Å². The molecule has 70 valence electrons. The predicted molar refractivity (Wildman–Crippen MR) is 52.4 cm³/mol. The topological polar surface area (TPSA) is 9.23 Å². The van der Waals surface area contributed by atoms with E-state index in [4.69, 9.17) is 4.74 Å². The predicted octanol–water partition coefficient (Wildman–Crippen LogP) is -0.00881. The summed E-state index contributed by atoms with van der Waals surface area (Å²) in [7, 11) is 0. The standard InChI is InChI=1S/C12H15O.K/c1-11(2)9-7-5-6-8-10(9)12(3,4)13-11;/h5-7H,1-4H3;/q-1;+1. The molecule has 0 saturated carbocycles. The Kier molecular flexibility index (Phi) is 3.68. The molecule has 0 atom stereocenters. The van der Waals surface area contributed by atoms with E-state index in [1.165, 1.54) is 11.1 Å². The zero-order chi connectivity index (χ0) is 9.69. The molecular formula is C12H15KO. The van der Waals surface area contributed by atoms with Crippen LogP contribution in [0, 0.1) is 6.07 Å². The van der Waals surface area contributed by atoms with Crippen LogP contribution in [0.4, 0.5) is 0 Å². The van der Waals surface area contributed by atoms with Crippen LogP contribution >= 0.6 is 0 Å². The van der Waals surface area contributed by atoms with Gasteiger partial charge >= 0.3 is 51.4 Å². The number of hydrogen-bond donors (Lipinski definition) is 0. The Morgan fingerprint density at radius 3 is 2.36 bits per heavy atom. The molecule has 0 unspecified atom stereocenters. The fourth-order valence-electron chi connectivity index (χ4n) is 2.18. The van der Waals surface area contributed by atoms with Crippen molar-refractivity contribution in [3.63, 3.8) is 0 Å². The first kappa shape index (κ1) is 12.9. The maximum atomic E-state index is 5.98. The molecule has 0 bridgehead atoms. The third-order valence-electron chi connectivity index (χ3n) is 2.62. The van der Waals surface area contributed by atoms with Gasteiger partial charge in [-0.05, 0) is 27.7 Å². The minimum absolute atomic E-state index is 0. The first-order chi connectivity index (χ1) is 5.93. The quantitative estimate of drug-likeness (QED) is 0.436. The summed E-state index contributed by atoms with van der Waals surface area (Å²) in [6.07, 6.45) is 0. The Morgan fingerprint density at radius 1 is 1.14 bits per heavy atom. The van der Waals surface area contributed by atoms with E-state index in [0.29, 0.717) is 0 Å². The van der Waals surface area contributed by atoms with Crippen molar-refractivity contribution in [3.05, 3.63) is 35.4 Å². The van der Waals surface area contributed by atoms with Gasteiger partial charge in [-0.3, -0.25) is 0 Å². The molecule has 0 spiro atoms. The van der Waals surface area contributed by atoms with Crippen LogP contribution in [0.3, 0.4) is 0 Å². The molecule has 2 rings (SSSR count). The normalized spacial score (nSPS) is 21.1. The Hall–Kier alpha value is 0.816. The summed E-state index contributed by atoms with van der Waals surface area (Å²) in [5.41, 5.74) is 2.09. The minimum Gasteiger partial charge on any atom is -0.375 e. The molecular weight excluding hydrogens is 199 g/mol. The van der Waals surface area contributed by atoms with E-state index in [2.05, 4.69) is 39.8 Å². The van der Waals surface area contributed by atoms with E-state index in [-0.39, 0.29) is 62.6 Å². The molecule has 0 fully saturated rings. The number of fused-ring (bicyclic) bond motifs is 1. The van der Waals surface area contributed by atoms with Crippen LogP contribution < -0.4 is 51.4 Å². The Balaban J connectivity index is 0.000000980. The first-order valence-electron chi connectivity index (χ1n) is 4.65. The van der Waals surface area contributed by atoms with Gasteiger partial charge in [0.05, 0.1) is 5.60 Å². The van der Waals surface area contributed by atoms with E-state index in [1.807, 2.05) is 12.1 Å². The average molecular weight is 214 g/mol. The Bertz CT molecular complexity index is 309. The van der Waals surface area contributed by atoms with E-state index >= 15 is 0 Å². The van der Waals surface area contributed by atoms with Gasteiger partial charge in [-0.25, -0.2) is 0 Å². The average Bonchev–Trinajstić information content (AvgIpc) is 2.20. The maximum absolute atomic E-state index is 5.98. The second-order valence-corrected chi connectivity index (χ2v) is 4.58. The van der Waals surface area contributed by atoms with Crippen LogP contribution in [0.2, 0.25) is 0 Å². The van der Waals surface area contributed by atoms with Gasteiger partial charge in [-0.1, -0.05) is 0 Å². The molecule has 1 heterocycles. The van der Waals surface area contributed by atoms with Gasteiger partial charge in [0.15, 0.2) is 0 Å². The van der Waals surface area contributed by atoms with Gasteiger partial charge in [0.25, 0.3) is 0 Å². The number of hydrogen-bond acceptors (Lipinski definition) is 1. The van der Waals surface area contributed by atoms with Crippen molar-refractivity contribution in [1.82, 2.24) is 0 Å². The second-order valence-electron chi connectivity index (χ2n) is 4.58. The largest absolute Gasteiger partial charge is 1.00 e. The van der Waals surface area contributed by atoms with Crippen molar-refractivity contribution in [3.8, 4) is 0 Å². The van der Waals surface area contributed by atoms with Crippen LogP contribution in [-0.2, 0) is 15.9 Å². The van der Waals surface area contributed by atoms with Crippen LogP contribution in [0.15, 0.2) is 18.2 Å². The summed E-state index contributed by atoms with van der Waals surface area (Å²) in [4.78, 5) is 0. The molecule has 0 amide bonds. The molecule has 0 N–H and O–H groups in total. The molecule has 1 aromatic carbocycles. The van der Waals surface area contributed by atoms with Crippen LogP contribution in [0.5, 0.6) is 0 Å². The third kappa shape index (κ3) is 2.01. The Morgan fingerprint density at radius 2 is 1.79 bits per heavy atom. The zero-order valence-electron chi connectivity index (χ0n) is 9.64. The molecule has 1 nitrogen and oxygen atoms in total. The molecule has 1 aromatic rings. The van der Waals surface area contributed by atoms with Gasteiger partial charge in [0, 0.05) is 5.60 Å². The van der Waals surface area contributed by atoms with E-state index in [9.17, 15) is 0 Å². The molecule has 1 aliphatic heterocycles. The number of benzene rings is 1. The third-order valence-corrected chi connectivity index (χ3v) is 2.62. The van der Waals surface area contributed by atoms with Gasteiger partial charge in [-0.2, -0.15) is 24.3 Å². The number of ether oxygens (including phenoxy) is 1. The van der Waals surface area contributed by atoms with Crippen molar-refractivity contribution in [2.45, 2.75) is 38.9 Å². The molecule has 0 saturated heterocycles. The van der Waals surface area contributed by atoms with Crippen molar-refractivity contribution in [1.29, 1.82) is 0 Å². The molecule has 0 aliphatic carbocycles. The van der Waals surface area contributed by atoms with Crippen LogP contribution in [-0.4, -0.2) is 0 Å². The smallest absolute Gasteiger partial charge is 0.375 e. The zero-order valence-corrected chi connectivity index (χ0v) is 12.8. The molecule has 1 aliphatic rings. The Labute approximate surface area is 129 Å². The van der Waals surface area contributed by atoms with Gasteiger partial charge in [0.1, 0.15) is 0 Å². The summed E-state index contributed by atoms with van der Waals surface area (Å²) < 4.78 is 5.98. The maximum Gasteiger partial charge on any atom is 1.00 e. The van der Waals surface area contributed by atoms with Gasteiger partial charge < -0.3 is 4.74 Å².